The summed E-state index contributed by atoms with van der Waals surface area (Å²) in [4.78, 5) is 25.4. The van der Waals surface area contributed by atoms with Gasteiger partial charge in [0, 0.05) is 24.2 Å². The van der Waals surface area contributed by atoms with Gasteiger partial charge in [-0.1, -0.05) is 18.2 Å². The van der Waals surface area contributed by atoms with Crippen LogP contribution in [0.25, 0.3) is 10.1 Å². The second-order valence-electron chi connectivity index (χ2n) is 6.19. The molecular formula is C18H22N2O2S. The van der Waals surface area contributed by atoms with Crippen molar-refractivity contribution < 1.29 is 9.59 Å². The molecule has 0 aliphatic carbocycles. The summed E-state index contributed by atoms with van der Waals surface area (Å²) < 4.78 is 1.30. The second-order valence-corrected chi connectivity index (χ2v) is 7.10. The molecule has 1 aliphatic heterocycles. The highest BCUT2D eigenvalue weighted by molar-refractivity contribution is 7.17. The molecule has 1 atom stereocenters. The summed E-state index contributed by atoms with van der Waals surface area (Å²) in [5.41, 5.74) is 6.70. The fraction of sp³-hybridized carbons (Fsp3) is 0.444. The highest BCUT2D eigenvalue weighted by Gasteiger charge is 2.26. The van der Waals surface area contributed by atoms with Crippen LogP contribution >= 0.6 is 11.3 Å². The predicted octanol–water partition coefficient (Wildman–Crippen LogP) is 2.95. The van der Waals surface area contributed by atoms with Crippen molar-refractivity contribution >= 4 is 33.2 Å². The Kier molecular flexibility index (Phi) is 4.96. The lowest BCUT2D eigenvalue weighted by atomic mass is 9.97. The van der Waals surface area contributed by atoms with Crippen molar-refractivity contribution in [3.63, 3.8) is 0 Å². The average molecular weight is 330 g/mol. The van der Waals surface area contributed by atoms with Crippen LogP contribution in [-0.2, 0) is 16.0 Å². The molecule has 1 aromatic carbocycles. The number of amides is 2. The molecule has 0 spiro atoms. The number of benzene rings is 1. The smallest absolute Gasteiger partial charge is 0.222 e. The van der Waals surface area contributed by atoms with Crippen molar-refractivity contribution in [2.75, 3.05) is 13.1 Å². The van der Waals surface area contributed by atoms with E-state index in [0.717, 1.165) is 32.2 Å². The van der Waals surface area contributed by atoms with Gasteiger partial charge < -0.3 is 10.6 Å². The van der Waals surface area contributed by atoms with Gasteiger partial charge in [-0.15, -0.1) is 11.3 Å². The lowest BCUT2D eigenvalue weighted by molar-refractivity contribution is -0.135. The van der Waals surface area contributed by atoms with Crippen LogP contribution in [0.2, 0.25) is 0 Å². The number of piperidine rings is 1. The monoisotopic (exact) mass is 330 g/mol. The summed E-state index contributed by atoms with van der Waals surface area (Å²) >= 11 is 1.76. The molecule has 5 heteroatoms. The molecule has 122 valence electrons. The van der Waals surface area contributed by atoms with Gasteiger partial charge in [0.2, 0.25) is 11.8 Å². The molecule has 2 amide bonds. The topological polar surface area (TPSA) is 63.4 Å². The lowest BCUT2D eigenvalue weighted by Gasteiger charge is -2.31. The molecular weight excluding hydrogens is 308 g/mol. The molecule has 1 aliphatic rings. The number of fused-ring (bicyclic) bond motifs is 1. The fourth-order valence-electron chi connectivity index (χ4n) is 3.25. The van der Waals surface area contributed by atoms with Crippen molar-refractivity contribution in [3.8, 4) is 0 Å². The molecule has 0 bridgehead atoms. The lowest BCUT2D eigenvalue weighted by Crippen LogP contribution is -2.44. The first-order chi connectivity index (χ1) is 11.1. The van der Waals surface area contributed by atoms with Crippen molar-refractivity contribution in [1.29, 1.82) is 0 Å². The van der Waals surface area contributed by atoms with Gasteiger partial charge in [-0.25, -0.2) is 0 Å². The molecule has 2 heterocycles. The van der Waals surface area contributed by atoms with E-state index >= 15 is 0 Å². The first-order valence-corrected chi connectivity index (χ1v) is 9.05. The standard InChI is InChI=1S/C18H22N2O2S/c19-18(22)13-6-4-10-20(11-13)17(21)9-3-5-14-12-23-16-8-2-1-7-15(14)16/h1-2,7-8,12-13H,3-6,9-11H2,(H2,19,22). The van der Waals surface area contributed by atoms with E-state index < -0.39 is 0 Å². The zero-order valence-corrected chi connectivity index (χ0v) is 14.0. The van der Waals surface area contributed by atoms with Crippen LogP contribution in [0.1, 0.15) is 31.2 Å². The fourth-order valence-corrected chi connectivity index (χ4v) is 4.25. The summed E-state index contributed by atoms with van der Waals surface area (Å²) in [6.45, 7) is 1.25. The molecule has 4 nitrogen and oxygen atoms in total. The maximum absolute atomic E-state index is 12.3. The maximum atomic E-state index is 12.3. The third-order valence-corrected chi connectivity index (χ3v) is 5.59. The predicted molar refractivity (Wildman–Crippen MR) is 93.3 cm³/mol. The number of nitrogens with two attached hydrogens (primary N) is 1. The van der Waals surface area contributed by atoms with Crippen LogP contribution in [0.3, 0.4) is 0 Å². The summed E-state index contributed by atoms with van der Waals surface area (Å²) in [5.74, 6) is -0.309. The van der Waals surface area contributed by atoms with Crippen molar-refractivity contribution in [3.05, 3.63) is 35.2 Å². The van der Waals surface area contributed by atoms with E-state index in [2.05, 4.69) is 29.6 Å². The molecule has 3 rings (SSSR count). The van der Waals surface area contributed by atoms with Crippen molar-refractivity contribution in [1.82, 2.24) is 4.90 Å². The highest BCUT2D eigenvalue weighted by Crippen LogP contribution is 2.27. The first-order valence-electron chi connectivity index (χ1n) is 8.17. The van der Waals surface area contributed by atoms with Gasteiger partial charge in [0.15, 0.2) is 0 Å². The minimum absolute atomic E-state index is 0.149. The normalized spacial score (nSPS) is 18.3. The Labute approximate surface area is 140 Å². The van der Waals surface area contributed by atoms with E-state index in [4.69, 9.17) is 5.73 Å². The van der Waals surface area contributed by atoms with E-state index in [9.17, 15) is 9.59 Å². The minimum Gasteiger partial charge on any atom is -0.369 e. The van der Waals surface area contributed by atoms with Gasteiger partial charge >= 0.3 is 0 Å². The number of likely N-dealkylation sites (tertiary alicyclic amines) is 1. The molecule has 1 saturated heterocycles. The number of primary amides is 1. The molecule has 1 unspecified atom stereocenters. The zero-order valence-electron chi connectivity index (χ0n) is 13.2. The van der Waals surface area contributed by atoms with Gasteiger partial charge in [0.25, 0.3) is 0 Å². The number of thiophene rings is 1. The number of hydrogen-bond acceptors (Lipinski definition) is 3. The quantitative estimate of drug-likeness (QED) is 0.916. The van der Waals surface area contributed by atoms with Gasteiger partial charge in [-0.05, 0) is 48.1 Å². The Morgan fingerprint density at radius 1 is 1.30 bits per heavy atom. The van der Waals surface area contributed by atoms with Crippen LogP contribution < -0.4 is 5.73 Å². The number of hydrogen-bond donors (Lipinski definition) is 1. The molecule has 0 saturated carbocycles. The van der Waals surface area contributed by atoms with Gasteiger partial charge in [0.05, 0.1) is 5.92 Å². The number of nitrogens with zero attached hydrogens (tertiary/aromatic N) is 1. The number of carbonyl (C=O) groups excluding carboxylic acids is 2. The number of aryl methyl sites for hydroxylation is 1. The third-order valence-electron chi connectivity index (χ3n) is 4.57. The SMILES string of the molecule is NC(=O)C1CCCN(C(=O)CCCc2csc3ccccc23)C1. The molecule has 1 aromatic heterocycles. The Morgan fingerprint density at radius 2 is 2.13 bits per heavy atom. The number of carbonyl (C=O) groups is 2. The van der Waals surface area contributed by atoms with Gasteiger partial charge in [0.1, 0.15) is 0 Å². The van der Waals surface area contributed by atoms with Crippen LogP contribution in [0.15, 0.2) is 29.6 Å². The van der Waals surface area contributed by atoms with Crippen LogP contribution in [0.4, 0.5) is 0 Å². The summed E-state index contributed by atoms with van der Waals surface area (Å²) in [5, 5.41) is 3.50. The molecule has 0 radical (unpaired) electrons. The minimum atomic E-state index is -0.285. The molecule has 2 aromatic rings. The highest BCUT2D eigenvalue weighted by atomic mass is 32.1. The summed E-state index contributed by atoms with van der Waals surface area (Å²) in [6, 6.07) is 8.39. The van der Waals surface area contributed by atoms with Gasteiger partial charge in [-0.3, -0.25) is 9.59 Å². The van der Waals surface area contributed by atoms with Crippen LogP contribution in [0, 0.1) is 5.92 Å². The van der Waals surface area contributed by atoms with Crippen molar-refractivity contribution in [2.24, 2.45) is 11.7 Å². The van der Waals surface area contributed by atoms with Crippen molar-refractivity contribution in [2.45, 2.75) is 32.1 Å². The summed E-state index contributed by atoms with van der Waals surface area (Å²) in [7, 11) is 0. The zero-order chi connectivity index (χ0) is 16.2. The first kappa shape index (κ1) is 16.0. The van der Waals surface area contributed by atoms with Crippen LogP contribution in [-0.4, -0.2) is 29.8 Å². The molecule has 1 fully saturated rings. The molecule has 2 N–H and O–H groups in total. The number of rotatable bonds is 5. The summed E-state index contributed by atoms with van der Waals surface area (Å²) in [6.07, 6.45) is 3.98. The van der Waals surface area contributed by atoms with Gasteiger partial charge in [-0.2, -0.15) is 0 Å². The van der Waals surface area contributed by atoms with Crippen LogP contribution in [0.5, 0.6) is 0 Å². The Morgan fingerprint density at radius 3 is 2.96 bits per heavy atom. The largest absolute Gasteiger partial charge is 0.369 e. The second kappa shape index (κ2) is 7.13. The van der Waals surface area contributed by atoms with E-state index in [-0.39, 0.29) is 17.7 Å². The Bertz CT molecular complexity index is 710. The van der Waals surface area contributed by atoms with E-state index in [1.807, 2.05) is 4.90 Å². The molecule has 23 heavy (non-hydrogen) atoms. The third kappa shape index (κ3) is 3.72. The Hall–Kier alpha value is -1.88. The average Bonchev–Trinajstić information content (AvgIpc) is 2.98. The van der Waals surface area contributed by atoms with E-state index in [1.54, 1.807) is 11.3 Å². The Balaban J connectivity index is 1.52. The maximum Gasteiger partial charge on any atom is 0.222 e. The van der Waals surface area contributed by atoms with E-state index in [0.29, 0.717) is 13.0 Å². The van der Waals surface area contributed by atoms with E-state index in [1.165, 1.54) is 15.6 Å².